The molecule has 0 fully saturated rings. The van der Waals surface area contributed by atoms with E-state index in [-0.39, 0.29) is 6.61 Å². The predicted octanol–water partition coefficient (Wildman–Crippen LogP) is 8.12. The quantitative estimate of drug-likeness (QED) is 0.0387. The Morgan fingerprint density at radius 1 is 0.631 bits per heavy atom. The first-order valence-corrected chi connectivity index (χ1v) is 22.9. The van der Waals surface area contributed by atoms with Crippen molar-refractivity contribution in [3.8, 4) is 11.5 Å². The minimum atomic E-state index is 0.245. The van der Waals surface area contributed by atoms with Crippen LogP contribution in [-0.4, -0.2) is 77.0 Å². The highest BCUT2D eigenvalue weighted by Crippen LogP contribution is 2.29. The van der Waals surface area contributed by atoms with Gasteiger partial charge in [-0.25, -0.2) is 19.9 Å². The topological polar surface area (TPSA) is 187 Å². The molecule has 0 spiro atoms. The van der Waals surface area contributed by atoms with Crippen LogP contribution in [0.1, 0.15) is 85.7 Å². The number of pyridine rings is 1. The number of fused-ring (bicyclic) bond motifs is 2. The zero-order chi connectivity index (χ0) is 46.1. The van der Waals surface area contributed by atoms with E-state index in [0.29, 0.717) is 60.1 Å². The van der Waals surface area contributed by atoms with Crippen LogP contribution in [0.25, 0.3) is 22.1 Å². The summed E-state index contributed by atoms with van der Waals surface area (Å²) >= 11 is 12.6. The van der Waals surface area contributed by atoms with E-state index in [1.54, 1.807) is 20.4 Å². The van der Waals surface area contributed by atoms with Crippen LogP contribution in [0.2, 0.25) is 10.0 Å². The molecule has 65 heavy (non-hydrogen) atoms. The molecule has 2 aromatic carbocycles. The fourth-order valence-corrected chi connectivity index (χ4v) is 7.92. The average molecular weight is 927 g/mol. The molecule has 0 unspecified atom stereocenters. The number of methoxy groups -OCH3 is 2. The number of aliphatic hydroxyl groups excluding tert-OH is 1. The standard InChI is InChI=1S/C24H28ClN7O.C23H33ClN6O2/c1-4-6-19-22-23(32(2)31-19)24(28-14-16-8-9-20(33-3)18(25)11-16)30-21(29-22)15-27-13-17-7-5-10-26-12-17;1-4-8-18-21-22(30(2)29-18)23(26-14-16-9-10-19(32-3)17(24)13-16)28-20(27-21)15-25-11-6-5-7-12-31/h5,7-12,27H,4,6,13-15H2,1-3H3,(H,28,29,30);9-10,13,25,31H,4-8,11-12,14-15H2,1-3H3,(H,26,27,28). The highest BCUT2D eigenvalue weighted by Gasteiger charge is 2.19. The van der Waals surface area contributed by atoms with Gasteiger partial charge in [0.2, 0.25) is 0 Å². The molecular weight excluding hydrogens is 866 g/mol. The second-order valence-electron chi connectivity index (χ2n) is 15.6. The number of benzene rings is 2. The highest BCUT2D eigenvalue weighted by atomic mass is 35.5. The number of halogens is 2. The Balaban J connectivity index is 0.000000216. The maximum Gasteiger partial charge on any atom is 0.156 e. The molecular formula is C47H61Cl2N13O3. The molecule has 346 valence electrons. The van der Waals surface area contributed by atoms with Crippen molar-refractivity contribution < 1.29 is 14.6 Å². The van der Waals surface area contributed by atoms with E-state index in [4.69, 9.17) is 67.9 Å². The minimum absolute atomic E-state index is 0.245. The van der Waals surface area contributed by atoms with Crippen molar-refractivity contribution in [1.29, 1.82) is 0 Å². The Morgan fingerprint density at radius 3 is 1.63 bits per heavy atom. The van der Waals surface area contributed by atoms with Gasteiger partial charge in [-0.15, -0.1) is 0 Å². The van der Waals surface area contributed by atoms with E-state index in [0.717, 1.165) is 119 Å². The fraction of sp³-hybridized carbons (Fsp3) is 0.426. The summed E-state index contributed by atoms with van der Waals surface area (Å²) in [5.41, 5.74) is 8.74. The molecule has 5 N–H and O–H groups in total. The normalized spacial score (nSPS) is 11.2. The molecule has 0 bridgehead atoms. The summed E-state index contributed by atoms with van der Waals surface area (Å²) in [5.74, 6) is 4.27. The predicted molar refractivity (Wildman–Crippen MR) is 259 cm³/mol. The number of anilines is 2. The molecule has 5 heterocycles. The summed E-state index contributed by atoms with van der Waals surface area (Å²) in [4.78, 5) is 23.5. The first-order chi connectivity index (χ1) is 31.7. The SMILES string of the molecule is CCCc1nn(C)c2c(NCc3ccc(OC)c(Cl)c3)nc(CNCCCCCO)nc12.CCCc1nn(C)c2c(NCc3ccc(OC)c(Cl)c3)nc(CNCc3cccnc3)nc12. The second kappa shape index (κ2) is 24.6. The van der Waals surface area contributed by atoms with Gasteiger partial charge in [0.25, 0.3) is 0 Å². The van der Waals surface area contributed by atoms with Crippen LogP contribution in [0.4, 0.5) is 11.6 Å². The van der Waals surface area contributed by atoms with E-state index in [2.05, 4.69) is 40.1 Å². The van der Waals surface area contributed by atoms with Crippen LogP contribution < -0.4 is 30.7 Å². The molecule has 0 radical (unpaired) electrons. The molecule has 7 aromatic rings. The Hall–Kier alpha value is -5.65. The fourth-order valence-electron chi connectivity index (χ4n) is 7.36. The van der Waals surface area contributed by atoms with Crippen molar-refractivity contribution in [1.82, 2.24) is 55.1 Å². The Labute approximate surface area is 390 Å². The molecule has 16 nitrogen and oxygen atoms in total. The highest BCUT2D eigenvalue weighted by molar-refractivity contribution is 6.32. The number of aromatic nitrogens is 9. The third-order valence-corrected chi connectivity index (χ3v) is 11.1. The van der Waals surface area contributed by atoms with Crippen LogP contribution >= 0.6 is 23.2 Å². The van der Waals surface area contributed by atoms with Gasteiger partial charge in [0.15, 0.2) is 11.6 Å². The number of nitrogens with zero attached hydrogens (tertiary/aromatic N) is 9. The number of hydrogen-bond acceptors (Lipinski definition) is 14. The van der Waals surface area contributed by atoms with Gasteiger partial charge >= 0.3 is 0 Å². The molecule has 0 aliphatic rings. The maximum atomic E-state index is 8.91. The number of unbranched alkanes of at least 4 members (excludes halogenated alkanes) is 2. The molecule has 0 aliphatic carbocycles. The Kier molecular flexibility index (Phi) is 18.5. The van der Waals surface area contributed by atoms with E-state index < -0.39 is 0 Å². The lowest BCUT2D eigenvalue weighted by molar-refractivity contribution is 0.283. The molecule has 0 saturated heterocycles. The van der Waals surface area contributed by atoms with Crippen molar-refractivity contribution in [3.05, 3.63) is 111 Å². The van der Waals surface area contributed by atoms with Crippen molar-refractivity contribution >= 4 is 56.9 Å². The lowest BCUT2D eigenvalue weighted by Gasteiger charge is -2.12. The van der Waals surface area contributed by atoms with Gasteiger partial charge < -0.3 is 35.8 Å². The van der Waals surface area contributed by atoms with Gasteiger partial charge in [0.05, 0.1) is 48.7 Å². The molecule has 0 atom stereocenters. The van der Waals surface area contributed by atoms with Gasteiger partial charge in [-0.2, -0.15) is 10.2 Å². The van der Waals surface area contributed by atoms with Gasteiger partial charge in [-0.1, -0.05) is 68.1 Å². The first-order valence-electron chi connectivity index (χ1n) is 22.1. The Bertz CT molecular complexity index is 2610. The smallest absolute Gasteiger partial charge is 0.156 e. The summed E-state index contributed by atoms with van der Waals surface area (Å²) in [6.07, 6.45) is 10.2. The molecule has 0 amide bonds. The second-order valence-corrected chi connectivity index (χ2v) is 16.4. The maximum absolute atomic E-state index is 8.91. The number of hydrogen-bond donors (Lipinski definition) is 5. The van der Waals surface area contributed by atoms with Crippen molar-refractivity contribution in [2.24, 2.45) is 14.1 Å². The molecule has 5 aromatic heterocycles. The van der Waals surface area contributed by atoms with Crippen LogP contribution in [0.3, 0.4) is 0 Å². The minimum Gasteiger partial charge on any atom is -0.495 e. The molecule has 18 heteroatoms. The van der Waals surface area contributed by atoms with Crippen LogP contribution in [-0.2, 0) is 59.7 Å². The first kappa shape index (κ1) is 48.8. The monoisotopic (exact) mass is 925 g/mol. The van der Waals surface area contributed by atoms with E-state index in [1.165, 1.54) is 0 Å². The van der Waals surface area contributed by atoms with Crippen molar-refractivity contribution in [2.75, 3.05) is 38.0 Å². The summed E-state index contributed by atoms with van der Waals surface area (Å²) in [7, 11) is 7.08. The van der Waals surface area contributed by atoms with Crippen LogP contribution in [0.5, 0.6) is 11.5 Å². The summed E-state index contributed by atoms with van der Waals surface area (Å²) < 4.78 is 14.2. The molecule has 0 aliphatic heterocycles. The van der Waals surface area contributed by atoms with Crippen LogP contribution in [0, 0.1) is 0 Å². The largest absolute Gasteiger partial charge is 0.495 e. The summed E-state index contributed by atoms with van der Waals surface area (Å²) in [5, 5.41) is 33.2. The number of ether oxygens (including phenoxy) is 2. The third kappa shape index (κ3) is 13.2. The van der Waals surface area contributed by atoms with Gasteiger partial charge in [0, 0.05) is 52.7 Å². The zero-order valence-corrected chi connectivity index (χ0v) is 39.7. The third-order valence-electron chi connectivity index (χ3n) is 10.6. The zero-order valence-electron chi connectivity index (χ0n) is 38.2. The number of rotatable bonds is 23. The average Bonchev–Trinajstić information content (AvgIpc) is 3.80. The van der Waals surface area contributed by atoms with E-state index >= 15 is 0 Å². The van der Waals surface area contributed by atoms with Gasteiger partial charge in [-0.3, -0.25) is 14.3 Å². The van der Waals surface area contributed by atoms with Crippen molar-refractivity contribution in [2.45, 2.75) is 91.5 Å². The molecule has 0 saturated carbocycles. The lowest BCUT2D eigenvalue weighted by atomic mass is 10.2. The van der Waals surface area contributed by atoms with E-state index in [1.807, 2.05) is 78.2 Å². The number of nitrogens with one attached hydrogen (secondary N) is 4. The summed E-state index contributed by atoms with van der Waals surface area (Å²) in [6.45, 7) is 8.33. The number of aryl methyl sites for hydroxylation is 4. The van der Waals surface area contributed by atoms with Crippen molar-refractivity contribution in [3.63, 3.8) is 0 Å². The summed E-state index contributed by atoms with van der Waals surface area (Å²) in [6, 6.07) is 15.5. The van der Waals surface area contributed by atoms with Gasteiger partial charge in [-0.05, 0) is 85.7 Å². The van der Waals surface area contributed by atoms with Crippen LogP contribution in [0.15, 0.2) is 60.9 Å². The molecule has 7 rings (SSSR count). The van der Waals surface area contributed by atoms with Gasteiger partial charge in [0.1, 0.15) is 45.2 Å². The van der Waals surface area contributed by atoms with E-state index in [9.17, 15) is 0 Å². The lowest BCUT2D eigenvalue weighted by Crippen LogP contribution is -2.18. The number of aliphatic hydroxyl groups is 1. The Morgan fingerprint density at radius 2 is 1.17 bits per heavy atom.